The molecule has 1 N–H and O–H groups in total. The van der Waals surface area contributed by atoms with Gasteiger partial charge in [0, 0.05) is 50.4 Å². The highest BCUT2D eigenvalue weighted by Crippen LogP contribution is 2.20. The van der Waals surface area contributed by atoms with Gasteiger partial charge in [0.05, 0.1) is 17.9 Å². The SMILES string of the molecule is C[C@@H]1CN(Cc2csc(NC(=O)c3ccc(N(C)C)cc3)n2)C[C@H](C)O1. The number of nitrogens with one attached hydrogen (secondary N) is 1. The van der Waals surface area contributed by atoms with Crippen molar-refractivity contribution < 1.29 is 9.53 Å². The number of rotatable bonds is 5. The van der Waals surface area contributed by atoms with Crippen LogP contribution in [0, 0.1) is 0 Å². The van der Waals surface area contributed by atoms with E-state index in [0.717, 1.165) is 31.0 Å². The number of aromatic nitrogens is 1. The van der Waals surface area contributed by atoms with E-state index in [-0.39, 0.29) is 18.1 Å². The standard InChI is InChI=1S/C19H26N4O2S/c1-13-9-23(10-14(2)25-13)11-16-12-26-19(20-16)21-18(24)15-5-7-17(8-6-15)22(3)4/h5-8,12-14H,9-11H2,1-4H3,(H,20,21,24)/t13-,14+. The molecule has 2 heterocycles. The van der Waals surface area contributed by atoms with Gasteiger partial charge in [-0.25, -0.2) is 4.98 Å². The molecule has 0 unspecified atom stereocenters. The van der Waals surface area contributed by atoms with Gasteiger partial charge < -0.3 is 9.64 Å². The number of carbonyl (C=O) groups is 1. The molecule has 1 aliphatic rings. The molecule has 1 aliphatic heterocycles. The molecule has 1 saturated heterocycles. The number of carbonyl (C=O) groups excluding carboxylic acids is 1. The van der Waals surface area contributed by atoms with Crippen LogP contribution in [0.3, 0.4) is 0 Å². The van der Waals surface area contributed by atoms with Gasteiger partial charge in [0.2, 0.25) is 0 Å². The molecule has 7 heteroatoms. The highest BCUT2D eigenvalue weighted by Gasteiger charge is 2.22. The second kappa shape index (κ2) is 8.16. The van der Waals surface area contributed by atoms with Crippen molar-refractivity contribution in [2.24, 2.45) is 0 Å². The van der Waals surface area contributed by atoms with Crippen LogP contribution in [0.4, 0.5) is 10.8 Å². The third-order valence-electron chi connectivity index (χ3n) is 4.30. The molecule has 3 rings (SSSR count). The molecular weight excluding hydrogens is 348 g/mol. The van der Waals surface area contributed by atoms with E-state index < -0.39 is 0 Å². The summed E-state index contributed by atoms with van der Waals surface area (Å²) in [5.74, 6) is -0.134. The Morgan fingerprint density at radius 3 is 2.54 bits per heavy atom. The largest absolute Gasteiger partial charge is 0.378 e. The second-order valence-electron chi connectivity index (χ2n) is 6.99. The lowest BCUT2D eigenvalue weighted by Crippen LogP contribution is -2.44. The first kappa shape index (κ1) is 18.8. The van der Waals surface area contributed by atoms with Crippen molar-refractivity contribution in [2.75, 3.05) is 37.4 Å². The molecule has 140 valence electrons. The van der Waals surface area contributed by atoms with E-state index in [2.05, 4.69) is 29.0 Å². The van der Waals surface area contributed by atoms with E-state index in [0.29, 0.717) is 10.7 Å². The highest BCUT2D eigenvalue weighted by atomic mass is 32.1. The van der Waals surface area contributed by atoms with Crippen LogP contribution in [0.15, 0.2) is 29.6 Å². The minimum Gasteiger partial charge on any atom is -0.378 e. The van der Waals surface area contributed by atoms with Crippen molar-refractivity contribution in [2.45, 2.75) is 32.6 Å². The zero-order valence-corrected chi connectivity index (χ0v) is 16.5. The van der Waals surface area contributed by atoms with E-state index in [1.54, 1.807) is 0 Å². The van der Waals surface area contributed by atoms with Crippen molar-refractivity contribution in [1.29, 1.82) is 0 Å². The zero-order valence-electron chi connectivity index (χ0n) is 15.7. The number of hydrogen-bond acceptors (Lipinski definition) is 6. The summed E-state index contributed by atoms with van der Waals surface area (Å²) in [5, 5.41) is 5.54. The molecule has 2 aromatic rings. The van der Waals surface area contributed by atoms with Crippen LogP contribution >= 0.6 is 11.3 Å². The van der Waals surface area contributed by atoms with Crippen molar-refractivity contribution in [1.82, 2.24) is 9.88 Å². The summed E-state index contributed by atoms with van der Waals surface area (Å²) in [5.41, 5.74) is 2.67. The summed E-state index contributed by atoms with van der Waals surface area (Å²) >= 11 is 1.46. The van der Waals surface area contributed by atoms with Gasteiger partial charge in [-0.15, -0.1) is 11.3 Å². The van der Waals surface area contributed by atoms with Gasteiger partial charge in [-0.2, -0.15) is 0 Å². The van der Waals surface area contributed by atoms with Crippen LogP contribution in [-0.4, -0.2) is 55.2 Å². The summed E-state index contributed by atoms with van der Waals surface area (Å²) in [7, 11) is 3.95. The number of hydrogen-bond donors (Lipinski definition) is 1. The number of amides is 1. The fraction of sp³-hybridized carbons (Fsp3) is 0.474. The summed E-state index contributed by atoms with van der Waals surface area (Å²) in [6, 6.07) is 7.53. The van der Waals surface area contributed by atoms with Crippen LogP contribution in [0.2, 0.25) is 0 Å². The Kier molecular flexibility index (Phi) is 5.90. The highest BCUT2D eigenvalue weighted by molar-refractivity contribution is 7.13. The fourth-order valence-electron chi connectivity index (χ4n) is 3.16. The summed E-state index contributed by atoms with van der Waals surface area (Å²) in [4.78, 5) is 21.3. The predicted molar refractivity (Wildman–Crippen MR) is 106 cm³/mol. The maximum atomic E-state index is 12.4. The summed E-state index contributed by atoms with van der Waals surface area (Å²) in [6.07, 6.45) is 0.475. The number of ether oxygens (including phenoxy) is 1. The van der Waals surface area contributed by atoms with Crippen LogP contribution in [0.5, 0.6) is 0 Å². The monoisotopic (exact) mass is 374 g/mol. The maximum Gasteiger partial charge on any atom is 0.257 e. The van der Waals surface area contributed by atoms with Gasteiger partial charge in [0.25, 0.3) is 5.91 Å². The Hall–Kier alpha value is -1.96. The molecule has 1 fully saturated rings. The summed E-state index contributed by atoms with van der Waals surface area (Å²) in [6.45, 7) is 6.78. The smallest absolute Gasteiger partial charge is 0.257 e. The van der Waals surface area contributed by atoms with Crippen LogP contribution < -0.4 is 10.2 Å². The fourth-order valence-corrected chi connectivity index (χ4v) is 3.86. The molecule has 0 aliphatic carbocycles. The van der Waals surface area contributed by atoms with Gasteiger partial charge >= 0.3 is 0 Å². The molecule has 26 heavy (non-hydrogen) atoms. The van der Waals surface area contributed by atoms with Gasteiger partial charge in [-0.05, 0) is 38.1 Å². The minimum absolute atomic E-state index is 0.134. The predicted octanol–water partition coefficient (Wildman–Crippen LogP) is 3.07. The average Bonchev–Trinajstić information content (AvgIpc) is 3.00. The zero-order chi connectivity index (χ0) is 18.7. The lowest BCUT2D eigenvalue weighted by molar-refractivity contribution is -0.0707. The molecule has 1 aromatic heterocycles. The number of anilines is 2. The van der Waals surface area contributed by atoms with Crippen LogP contribution in [0.25, 0.3) is 0 Å². The maximum absolute atomic E-state index is 12.4. The molecule has 2 atom stereocenters. The van der Waals surface area contributed by atoms with Gasteiger partial charge in [0.15, 0.2) is 5.13 Å². The lowest BCUT2D eigenvalue weighted by Gasteiger charge is -2.34. The number of nitrogens with zero attached hydrogens (tertiary/aromatic N) is 3. The number of benzene rings is 1. The van der Waals surface area contributed by atoms with Gasteiger partial charge in [0.1, 0.15) is 0 Å². The molecule has 0 radical (unpaired) electrons. The van der Waals surface area contributed by atoms with Gasteiger partial charge in [-0.1, -0.05) is 0 Å². The first-order valence-corrected chi connectivity index (χ1v) is 9.69. The Bertz CT molecular complexity index is 734. The van der Waals surface area contributed by atoms with E-state index >= 15 is 0 Å². The molecule has 1 amide bonds. The Morgan fingerprint density at radius 1 is 1.27 bits per heavy atom. The van der Waals surface area contributed by atoms with Crippen LogP contribution in [-0.2, 0) is 11.3 Å². The van der Waals surface area contributed by atoms with Gasteiger partial charge in [-0.3, -0.25) is 15.0 Å². The molecule has 6 nitrogen and oxygen atoms in total. The Labute approximate surface area is 158 Å². The summed E-state index contributed by atoms with van der Waals surface area (Å²) < 4.78 is 5.76. The Morgan fingerprint density at radius 2 is 1.92 bits per heavy atom. The minimum atomic E-state index is -0.134. The average molecular weight is 375 g/mol. The van der Waals surface area contributed by atoms with Crippen LogP contribution in [0.1, 0.15) is 29.9 Å². The quantitative estimate of drug-likeness (QED) is 0.872. The number of thiazole rings is 1. The third kappa shape index (κ3) is 4.81. The van der Waals surface area contributed by atoms with E-state index in [4.69, 9.17) is 4.74 Å². The van der Waals surface area contributed by atoms with Crippen molar-refractivity contribution in [3.8, 4) is 0 Å². The van der Waals surface area contributed by atoms with Crippen molar-refractivity contribution in [3.05, 3.63) is 40.9 Å². The molecule has 1 aromatic carbocycles. The Balaban J connectivity index is 1.58. The van der Waals surface area contributed by atoms with E-state index in [1.807, 2.05) is 48.6 Å². The first-order valence-electron chi connectivity index (χ1n) is 8.81. The second-order valence-corrected chi connectivity index (χ2v) is 7.85. The lowest BCUT2D eigenvalue weighted by atomic mass is 10.2. The third-order valence-corrected chi connectivity index (χ3v) is 5.11. The van der Waals surface area contributed by atoms with Crippen molar-refractivity contribution in [3.63, 3.8) is 0 Å². The molecular formula is C19H26N4O2S. The van der Waals surface area contributed by atoms with E-state index in [1.165, 1.54) is 11.3 Å². The number of morpholine rings is 1. The normalized spacial score (nSPS) is 20.8. The van der Waals surface area contributed by atoms with Crippen molar-refractivity contribution >= 4 is 28.1 Å². The first-order chi connectivity index (χ1) is 12.4. The topological polar surface area (TPSA) is 57.7 Å². The molecule has 0 bridgehead atoms. The van der Waals surface area contributed by atoms with E-state index in [9.17, 15) is 4.79 Å². The molecule has 0 saturated carbocycles. The molecule has 0 spiro atoms.